The summed E-state index contributed by atoms with van der Waals surface area (Å²) >= 11 is 0. The van der Waals surface area contributed by atoms with E-state index in [1.165, 1.54) is 18.6 Å². The number of anilines is 1. The van der Waals surface area contributed by atoms with Gasteiger partial charge in [0, 0.05) is 54.8 Å². The smallest absolute Gasteiger partial charge is 0.416 e. The molecule has 14 heteroatoms. The number of carbonyl (C=O) groups is 4. The zero-order chi connectivity index (χ0) is 44.5. The maximum Gasteiger partial charge on any atom is 0.416 e. The average molecular weight is 873 g/mol. The minimum atomic E-state index is -4.43. The van der Waals surface area contributed by atoms with Crippen molar-refractivity contribution in [3.8, 4) is 11.5 Å². The first kappa shape index (κ1) is 43.0. The molecule has 4 aromatic carbocycles. The number of carbonyl (C=O) groups excluding carboxylic acids is 4. The van der Waals surface area contributed by atoms with Crippen LogP contribution in [0.5, 0.6) is 11.5 Å². The fraction of sp³-hybridized carbons (Fsp3) is 0.380. The molecule has 4 aliphatic rings. The van der Waals surface area contributed by atoms with Gasteiger partial charge in [0.05, 0.1) is 23.0 Å². The van der Waals surface area contributed by atoms with Crippen molar-refractivity contribution in [1.29, 1.82) is 0 Å². The van der Waals surface area contributed by atoms with Crippen LogP contribution in [0.4, 0.5) is 18.9 Å². The molecule has 0 spiro atoms. The summed E-state index contributed by atoms with van der Waals surface area (Å²) in [6.45, 7) is 7.05. The van der Waals surface area contributed by atoms with E-state index in [-0.39, 0.29) is 41.8 Å². The van der Waals surface area contributed by atoms with Crippen LogP contribution in [0.1, 0.15) is 101 Å². The van der Waals surface area contributed by atoms with E-state index in [1.54, 1.807) is 35.2 Å². The number of halogens is 3. The number of hydrogen-bond acceptors (Lipinski definition) is 8. The van der Waals surface area contributed by atoms with Gasteiger partial charge in [0.15, 0.2) is 0 Å². The Balaban J connectivity index is 0.722. The minimum Gasteiger partial charge on any atom is -0.457 e. The lowest BCUT2D eigenvalue weighted by Crippen LogP contribution is -2.52. The topological polar surface area (TPSA) is 124 Å². The Morgan fingerprint density at radius 2 is 1.59 bits per heavy atom. The Labute approximate surface area is 370 Å². The first-order valence-corrected chi connectivity index (χ1v) is 22.2. The third kappa shape index (κ3) is 9.47. The van der Waals surface area contributed by atoms with Crippen molar-refractivity contribution in [3.05, 3.63) is 131 Å². The maximum absolute atomic E-state index is 13.4. The number of pyridine rings is 1. The lowest BCUT2D eigenvalue weighted by atomic mass is 9.82. The number of likely N-dealkylation sites (tertiary alicyclic amines) is 1. The van der Waals surface area contributed by atoms with Gasteiger partial charge < -0.3 is 19.9 Å². The highest BCUT2D eigenvalue weighted by Gasteiger charge is 2.39. The fourth-order valence-electron chi connectivity index (χ4n) is 9.77. The molecule has 2 atom stereocenters. The Hall–Kier alpha value is -6.28. The molecule has 332 valence electrons. The fourth-order valence-corrected chi connectivity index (χ4v) is 9.77. The van der Waals surface area contributed by atoms with E-state index >= 15 is 0 Å². The maximum atomic E-state index is 13.4. The third-order valence-electron chi connectivity index (χ3n) is 13.4. The van der Waals surface area contributed by atoms with E-state index in [1.807, 2.05) is 43.3 Å². The highest BCUT2D eigenvalue weighted by atomic mass is 19.4. The molecule has 0 bridgehead atoms. The Kier molecular flexibility index (Phi) is 12.1. The molecule has 5 aromatic rings. The molecule has 0 aliphatic carbocycles. The Morgan fingerprint density at radius 3 is 2.33 bits per heavy atom. The second kappa shape index (κ2) is 18.1. The monoisotopic (exact) mass is 872 g/mol. The van der Waals surface area contributed by atoms with Gasteiger partial charge in [-0.25, -0.2) is 0 Å². The normalized spacial score (nSPS) is 19.4. The third-order valence-corrected chi connectivity index (χ3v) is 13.4. The molecule has 3 saturated heterocycles. The highest BCUT2D eigenvalue weighted by molar-refractivity contribution is 6.05. The number of benzene rings is 4. The number of hydrogen-bond donors (Lipinski definition) is 2. The predicted octanol–water partition coefficient (Wildman–Crippen LogP) is 8.82. The van der Waals surface area contributed by atoms with Crippen molar-refractivity contribution < 1.29 is 37.1 Å². The summed E-state index contributed by atoms with van der Waals surface area (Å²) < 4.78 is 45.0. The van der Waals surface area contributed by atoms with Gasteiger partial charge in [0.2, 0.25) is 11.8 Å². The van der Waals surface area contributed by atoms with Crippen LogP contribution in [-0.4, -0.2) is 70.6 Å². The van der Waals surface area contributed by atoms with E-state index < -0.39 is 17.8 Å². The average Bonchev–Trinajstić information content (AvgIpc) is 3.61. The molecular formula is C50H51F3N6O5. The lowest BCUT2D eigenvalue weighted by molar-refractivity contribution is -0.138. The standard InChI is InChI=1S/C50H51F3N6O5/c1-31(54-47(61)35-8-14-41-34(27-35)4-2-7-45(41)64-40-12-9-37(10-13-40)50(51,52)53)43-6-3-5-38(55-43)30-57-22-18-32(19-23-57)26-33-20-24-58(25-21-33)39-11-15-42-36(28-39)29-59(49(42)63)44-16-17-46(60)56-48(44)62/h2-15,27-28,31-33,44H,16-26,29-30H2,1H3,(H,54,61)(H,56,60,62)/t31-,44?/m0/s1. The van der Waals surface area contributed by atoms with Crippen molar-refractivity contribution in [2.24, 2.45) is 11.8 Å². The summed E-state index contributed by atoms with van der Waals surface area (Å²) in [6, 6.07) is 26.2. The van der Waals surface area contributed by atoms with E-state index in [2.05, 4.69) is 26.5 Å². The molecular weight excluding hydrogens is 822 g/mol. The van der Waals surface area contributed by atoms with Gasteiger partial charge in [-0.2, -0.15) is 13.2 Å². The van der Waals surface area contributed by atoms with E-state index in [0.717, 1.165) is 104 Å². The molecule has 1 unspecified atom stereocenters. The van der Waals surface area contributed by atoms with Gasteiger partial charge in [-0.05, 0) is 160 Å². The Morgan fingerprint density at radius 1 is 0.859 bits per heavy atom. The SMILES string of the molecule is C[C@H](NC(=O)c1ccc2c(Oc3ccc(C(F)(F)F)cc3)cccc2c1)c1cccc(CN2CCC(CC3CCN(c4ccc5c(c4)CN(C4CCC(=O)NC4=O)C5=O)CC3)CC2)n1. The molecule has 5 heterocycles. The number of rotatable bonds is 11. The molecule has 9 rings (SSSR count). The molecule has 2 N–H and O–H groups in total. The van der Waals surface area contributed by atoms with Crippen LogP contribution in [-0.2, 0) is 28.9 Å². The summed E-state index contributed by atoms with van der Waals surface area (Å²) in [6.07, 6.45) is 1.99. The molecule has 4 aliphatic heterocycles. The van der Waals surface area contributed by atoms with Crippen molar-refractivity contribution in [3.63, 3.8) is 0 Å². The first-order valence-electron chi connectivity index (χ1n) is 22.2. The second-order valence-corrected chi connectivity index (χ2v) is 17.7. The molecule has 0 saturated carbocycles. The minimum absolute atomic E-state index is 0.142. The van der Waals surface area contributed by atoms with Crippen LogP contribution < -0.4 is 20.3 Å². The number of aromatic nitrogens is 1. The zero-order valence-corrected chi connectivity index (χ0v) is 35.7. The number of alkyl halides is 3. The zero-order valence-electron chi connectivity index (χ0n) is 35.7. The lowest BCUT2D eigenvalue weighted by Gasteiger charge is -2.37. The van der Waals surface area contributed by atoms with Gasteiger partial charge in [0.1, 0.15) is 17.5 Å². The number of nitrogens with one attached hydrogen (secondary N) is 2. The molecule has 11 nitrogen and oxygen atoms in total. The van der Waals surface area contributed by atoms with Crippen LogP contribution >= 0.6 is 0 Å². The number of nitrogens with zero attached hydrogens (tertiary/aromatic N) is 4. The van der Waals surface area contributed by atoms with Gasteiger partial charge >= 0.3 is 6.18 Å². The van der Waals surface area contributed by atoms with Crippen molar-refractivity contribution in [2.45, 2.75) is 83.2 Å². The summed E-state index contributed by atoms with van der Waals surface area (Å²) in [5.74, 6) is 1.06. The van der Waals surface area contributed by atoms with E-state index in [9.17, 15) is 32.3 Å². The number of ether oxygens (including phenoxy) is 1. The Bertz CT molecular complexity index is 2570. The summed E-state index contributed by atoms with van der Waals surface area (Å²) in [5.41, 5.74) is 4.17. The van der Waals surface area contributed by atoms with E-state index in [4.69, 9.17) is 9.72 Å². The summed E-state index contributed by atoms with van der Waals surface area (Å²) in [4.78, 5) is 62.2. The molecule has 3 fully saturated rings. The van der Waals surface area contributed by atoms with Crippen LogP contribution in [0.15, 0.2) is 97.1 Å². The number of fused-ring (bicyclic) bond motifs is 2. The van der Waals surface area contributed by atoms with Crippen molar-refractivity contribution >= 4 is 40.1 Å². The van der Waals surface area contributed by atoms with Crippen molar-refractivity contribution in [1.82, 2.24) is 25.4 Å². The van der Waals surface area contributed by atoms with Crippen LogP contribution in [0.3, 0.4) is 0 Å². The number of amides is 4. The quantitative estimate of drug-likeness (QED) is 0.126. The number of piperidine rings is 3. The van der Waals surface area contributed by atoms with Crippen molar-refractivity contribution in [2.75, 3.05) is 31.1 Å². The van der Waals surface area contributed by atoms with E-state index in [0.29, 0.717) is 41.7 Å². The van der Waals surface area contributed by atoms with Crippen LogP contribution in [0.2, 0.25) is 0 Å². The summed E-state index contributed by atoms with van der Waals surface area (Å²) in [7, 11) is 0. The molecule has 1 aromatic heterocycles. The molecule has 64 heavy (non-hydrogen) atoms. The van der Waals surface area contributed by atoms with Gasteiger partial charge in [-0.1, -0.05) is 18.2 Å². The van der Waals surface area contributed by atoms with Crippen LogP contribution in [0, 0.1) is 11.8 Å². The largest absolute Gasteiger partial charge is 0.457 e. The molecule has 0 radical (unpaired) electrons. The van der Waals surface area contributed by atoms with Gasteiger partial charge in [0.25, 0.3) is 11.8 Å². The van der Waals surface area contributed by atoms with Crippen LogP contribution in [0.25, 0.3) is 10.8 Å². The number of imide groups is 1. The van der Waals surface area contributed by atoms with Gasteiger partial charge in [-0.3, -0.25) is 34.4 Å². The highest BCUT2D eigenvalue weighted by Crippen LogP contribution is 2.36. The summed E-state index contributed by atoms with van der Waals surface area (Å²) in [5, 5.41) is 6.95. The van der Waals surface area contributed by atoms with Gasteiger partial charge in [-0.15, -0.1) is 0 Å². The molecule has 4 amide bonds. The predicted molar refractivity (Wildman–Crippen MR) is 236 cm³/mol. The second-order valence-electron chi connectivity index (χ2n) is 17.7. The first-order chi connectivity index (χ1) is 30.8.